The van der Waals surface area contributed by atoms with E-state index in [2.05, 4.69) is 5.32 Å². The molecule has 2 fully saturated rings. The van der Waals surface area contributed by atoms with E-state index in [9.17, 15) is 14.4 Å². The molecule has 2 aliphatic rings. The highest BCUT2D eigenvalue weighted by molar-refractivity contribution is 8.01. The second-order valence-electron chi connectivity index (χ2n) is 6.22. The molecule has 2 saturated heterocycles. The van der Waals surface area contributed by atoms with Crippen molar-refractivity contribution >= 4 is 29.5 Å². The standard InChI is InChI=1S/C14H22N2O4S/c1-8(2)9(6-12(18)19)15-13(20)10-7-21-14(3)5-4-11(17)16(10)14/h8-10H,4-7H2,1-3H3,(H,15,20)(H,18,19). The Kier molecular flexibility index (Phi) is 4.51. The van der Waals surface area contributed by atoms with Gasteiger partial charge in [0.15, 0.2) is 0 Å². The van der Waals surface area contributed by atoms with Crippen LogP contribution in [0.2, 0.25) is 0 Å². The van der Waals surface area contributed by atoms with Gasteiger partial charge in [0.25, 0.3) is 0 Å². The molecule has 6 nitrogen and oxygen atoms in total. The fourth-order valence-electron chi connectivity index (χ4n) is 2.94. The normalized spacial score (nSPS) is 29.6. The van der Waals surface area contributed by atoms with Gasteiger partial charge >= 0.3 is 5.97 Å². The summed E-state index contributed by atoms with van der Waals surface area (Å²) in [5.41, 5.74) is 0. The minimum atomic E-state index is -0.933. The first-order valence-corrected chi connectivity index (χ1v) is 8.21. The van der Waals surface area contributed by atoms with Crippen molar-refractivity contribution in [3.8, 4) is 0 Å². The Morgan fingerprint density at radius 3 is 2.76 bits per heavy atom. The number of thioether (sulfide) groups is 1. The highest BCUT2D eigenvalue weighted by Gasteiger charge is 2.53. The van der Waals surface area contributed by atoms with Gasteiger partial charge in [-0.25, -0.2) is 0 Å². The number of hydrogen-bond acceptors (Lipinski definition) is 4. The van der Waals surface area contributed by atoms with Crippen LogP contribution in [0.4, 0.5) is 0 Å². The monoisotopic (exact) mass is 314 g/mol. The molecule has 0 aromatic carbocycles. The Bertz CT molecular complexity index is 468. The fraction of sp³-hybridized carbons (Fsp3) is 0.786. The minimum Gasteiger partial charge on any atom is -0.481 e. The highest BCUT2D eigenvalue weighted by Crippen LogP contribution is 2.47. The molecule has 7 heteroatoms. The Balaban J connectivity index is 2.06. The number of carboxylic acids is 1. The molecule has 0 bridgehead atoms. The van der Waals surface area contributed by atoms with E-state index in [1.54, 1.807) is 16.7 Å². The van der Waals surface area contributed by atoms with E-state index in [1.807, 2.05) is 20.8 Å². The predicted molar refractivity (Wildman–Crippen MR) is 79.8 cm³/mol. The average Bonchev–Trinajstić information content (AvgIpc) is 2.85. The summed E-state index contributed by atoms with van der Waals surface area (Å²) in [5.74, 6) is -0.550. The van der Waals surface area contributed by atoms with E-state index < -0.39 is 18.1 Å². The van der Waals surface area contributed by atoms with Crippen molar-refractivity contribution in [1.82, 2.24) is 10.2 Å². The molecule has 0 spiro atoms. The van der Waals surface area contributed by atoms with E-state index in [-0.39, 0.29) is 29.0 Å². The molecule has 2 aliphatic heterocycles. The van der Waals surface area contributed by atoms with Crippen molar-refractivity contribution in [3.05, 3.63) is 0 Å². The fourth-order valence-corrected chi connectivity index (χ4v) is 4.37. The van der Waals surface area contributed by atoms with Gasteiger partial charge in [0.1, 0.15) is 6.04 Å². The van der Waals surface area contributed by atoms with Crippen LogP contribution in [0.15, 0.2) is 0 Å². The summed E-state index contributed by atoms with van der Waals surface area (Å²) in [4.78, 5) is 36.8. The minimum absolute atomic E-state index is 0.0157. The predicted octanol–water partition coefficient (Wildman–Crippen LogP) is 1.06. The van der Waals surface area contributed by atoms with Crippen LogP contribution in [0.25, 0.3) is 0 Å². The van der Waals surface area contributed by atoms with Crippen molar-refractivity contribution < 1.29 is 19.5 Å². The van der Waals surface area contributed by atoms with Crippen molar-refractivity contribution in [3.63, 3.8) is 0 Å². The van der Waals surface area contributed by atoms with Gasteiger partial charge in [0.05, 0.1) is 11.3 Å². The molecule has 21 heavy (non-hydrogen) atoms. The van der Waals surface area contributed by atoms with E-state index in [0.717, 1.165) is 6.42 Å². The van der Waals surface area contributed by atoms with E-state index >= 15 is 0 Å². The summed E-state index contributed by atoms with van der Waals surface area (Å²) < 4.78 is 0. The number of hydrogen-bond donors (Lipinski definition) is 2. The Morgan fingerprint density at radius 1 is 1.52 bits per heavy atom. The number of carbonyl (C=O) groups excluding carboxylic acids is 2. The quantitative estimate of drug-likeness (QED) is 0.792. The summed E-state index contributed by atoms with van der Waals surface area (Å²) in [6.45, 7) is 5.75. The van der Waals surface area contributed by atoms with Crippen LogP contribution >= 0.6 is 11.8 Å². The van der Waals surface area contributed by atoms with Gasteiger partial charge in [-0.3, -0.25) is 14.4 Å². The lowest BCUT2D eigenvalue weighted by Crippen LogP contribution is -2.53. The molecule has 0 aromatic heterocycles. The van der Waals surface area contributed by atoms with E-state index in [0.29, 0.717) is 12.2 Å². The maximum absolute atomic E-state index is 12.5. The molecule has 0 radical (unpaired) electrons. The second kappa shape index (κ2) is 5.87. The van der Waals surface area contributed by atoms with Crippen LogP contribution in [-0.2, 0) is 14.4 Å². The molecule has 3 atom stereocenters. The van der Waals surface area contributed by atoms with Crippen molar-refractivity contribution in [2.24, 2.45) is 5.92 Å². The first-order valence-electron chi connectivity index (χ1n) is 7.23. The summed E-state index contributed by atoms with van der Waals surface area (Å²) in [6, 6.07) is -0.894. The van der Waals surface area contributed by atoms with Gasteiger partial charge in [-0.05, 0) is 19.3 Å². The number of fused-ring (bicyclic) bond motifs is 1. The van der Waals surface area contributed by atoms with Crippen LogP contribution in [0, 0.1) is 5.92 Å². The molecule has 2 N–H and O–H groups in total. The molecule has 2 rings (SSSR count). The summed E-state index contributed by atoms with van der Waals surface area (Å²) in [7, 11) is 0. The molecular formula is C14H22N2O4S. The molecule has 0 aliphatic carbocycles. The number of nitrogens with zero attached hydrogens (tertiary/aromatic N) is 1. The molecule has 118 valence electrons. The first-order chi connectivity index (χ1) is 9.74. The zero-order chi connectivity index (χ0) is 15.8. The van der Waals surface area contributed by atoms with Gasteiger partial charge in [-0.2, -0.15) is 0 Å². The number of carboxylic acid groups (broad SMARTS) is 1. The van der Waals surface area contributed by atoms with Crippen LogP contribution in [-0.4, -0.2) is 50.5 Å². The molecule has 2 heterocycles. The maximum atomic E-state index is 12.5. The number of carbonyl (C=O) groups is 3. The lowest BCUT2D eigenvalue weighted by molar-refractivity contribution is -0.140. The Morgan fingerprint density at radius 2 is 2.19 bits per heavy atom. The average molecular weight is 314 g/mol. The van der Waals surface area contributed by atoms with Gasteiger partial charge in [0, 0.05) is 18.2 Å². The van der Waals surface area contributed by atoms with Gasteiger partial charge in [0.2, 0.25) is 11.8 Å². The zero-order valence-electron chi connectivity index (χ0n) is 12.6. The SMILES string of the molecule is CC(C)C(CC(=O)O)NC(=O)C1CSC2(C)CCC(=O)N12. The first kappa shape index (κ1) is 16.1. The number of nitrogens with one attached hydrogen (secondary N) is 1. The second-order valence-corrected chi connectivity index (χ2v) is 7.72. The number of rotatable bonds is 5. The van der Waals surface area contributed by atoms with Crippen molar-refractivity contribution in [2.75, 3.05) is 5.75 Å². The van der Waals surface area contributed by atoms with Gasteiger partial charge < -0.3 is 15.3 Å². The molecule has 3 unspecified atom stereocenters. The summed E-state index contributed by atoms with van der Waals surface area (Å²) in [5, 5.41) is 11.7. The lowest BCUT2D eigenvalue weighted by atomic mass is 10.0. The van der Waals surface area contributed by atoms with Crippen LogP contribution < -0.4 is 5.32 Å². The van der Waals surface area contributed by atoms with E-state index in [4.69, 9.17) is 5.11 Å². The Labute approximate surface area is 128 Å². The van der Waals surface area contributed by atoms with Crippen molar-refractivity contribution in [2.45, 2.75) is 57.0 Å². The summed E-state index contributed by atoms with van der Waals surface area (Å²) >= 11 is 1.63. The third-order valence-corrected chi connectivity index (χ3v) is 5.78. The number of amides is 2. The third kappa shape index (κ3) is 3.17. The van der Waals surface area contributed by atoms with Crippen LogP contribution in [0.3, 0.4) is 0 Å². The zero-order valence-corrected chi connectivity index (χ0v) is 13.4. The molecule has 2 amide bonds. The molecule has 0 saturated carbocycles. The lowest BCUT2D eigenvalue weighted by Gasteiger charge is -2.31. The van der Waals surface area contributed by atoms with Gasteiger partial charge in [-0.1, -0.05) is 13.8 Å². The topological polar surface area (TPSA) is 86.7 Å². The maximum Gasteiger partial charge on any atom is 0.305 e. The van der Waals surface area contributed by atoms with Crippen LogP contribution in [0.5, 0.6) is 0 Å². The summed E-state index contributed by atoms with van der Waals surface area (Å²) in [6.07, 6.45) is 1.15. The van der Waals surface area contributed by atoms with Crippen LogP contribution in [0.1, 0.15) is 40.0 Å². The smallest absolute Gasteiger partial charge is 0.305 e. The molecule has 0 aromatic rings. The van der Waals surface area contributed by atoms with E-state index in [1.165, 1.54) is 0 Å². The Hall–Kier alpha value is -1.24. The van der Waals surface area contributed by atoms with Gasteiger partial charge in [-0.15, -0.1) is 11.8 Å². The third-order valence-electron chi connectivity index (χ3n) is 4.27. The largest absolute Gasteiger partial charge is 0.481 e. The molecular weight excluding hydrogens is 292 g/mol. The highest BCUT2D eigenvalue weighted by atomic mass is 32.2. The number of aliphatic carboxylic acids is 1. The van der Waals surface area contributed by atoms with Crippen molar-refractivity contribution in [1.29, 1.82) is 0 Å².